The Bertz CT molecular complexity index is 661. The van der Waals surface area contributed by atoms with Crippen LogP contribution in [-0.2, 0) is 14.8 Å². The van der Waals surface area contributed by atoms with Gasteiger partial charge in [-0.25, -0.2) is 13.2 Å². The molecule has 3 heterocycles. The van der Waals surface area contributed by atoms with Crippen molar-refractivity contribution in [1.29, 1.82) is 0 Å². The van der Waals surface area contributed by atoms with Crippen LogP contribution in [-0.4, -0.2) is 52.0 Å². The number of carbonyl (C=O) groups excluding carboxylic acids is 1. The zero-order chi connectivity index (χ0) is 15.2. The fraction of sp³-hybridized carbons (Fsp3) is 0.583. The number of nitrogens with one attached hydrogen (secondary N) is 1. The molecule has 0 spiro atoms. The Hall–Kier alpha value is -0.480. The zero-order valence-electron chi connectivity index (χ0n) is 11.3. The number of fused-ring (bicyclic) bond motifs is 1. The van der Waals surface area contributed by atoms with Crippen molar-refractivity contribution in [3.05, 3.63) is 14.7 Å². The Morgan fingerprint density at radius 1 is 1.43 bits per heavy atom. The molecule has 0 amide bonds. The van der Waals surface area contributed by atoms with Gasteiger partial charge in [0.1, 0.15) is 9.77 Å². The molecule has 21 heavy (non-hydrogen) atoms. The highest BCUT2D eigenvalue weighted by Gasteiger charge is 2.42. The van der Waals surface area contributed by atoms with E-state index < -0.39 is 16.0 Å². The number of halogens is 1. The first-order valence-corrected chi connectivity index (χ1v) is 9.57. The first-order chi connectivity index (χ1) is 9.93. The number of thiophene rings is 1. The topological polar surface area (TPSA) is 75.7 Å². The number of ether oxygens (including phenoxy) is 1. The predicted octanol–water partition coefficient (Wildman–Crippen LogP) is 1.14. The summed E-state index contributed by atoms with van der Waals surface area (Å²) in [6, 6.07) is 1.39. The summed E-state index contributed by atoms with van der Waals surface area (Å²) in [4.78, 5) is 12.0. The van der Waals surface area contributed by atoms with E-state index in [9.17, 15) is 13.2 Å². The van der Waals surface area contributed by atoms with Crippen LogP contribution in [0.5, 0.6) is 0 Å². The van der Waals surface area contributed by atoms with Gasteiger partial charge in [-0.1, -0.05) is 0 Å². The van der Waals surface area contributed by atoms with E-state index in [0.29, 0.717) is 28.7 Å². The van der Waals surface area contributed by atoms with Gasteiger partial charge in [0, 0.05) is 13.1 Å². The first kappa shape index (κ1) is 15.4. The molecule has 2 atom stereocenters. The second-order valence-corrected chi connectivity index (χ2v) is 9.52. The highest BCUT2D eigenvalue weighted by Crippen LogP contribution is 2.37. The van der Waals surface area contributed by atoms with E-state index in [4.69, 9.17) is 0 Å². The number of hydrogen-bond donors (Lipinski definition) is 1. The minimum atomic E-state index is -3.57. The van der Waals surface area contributed by atoms with Crippen LogP contribution in [0.3, 0.4) is 0 Å². The molecule has 1 aromatic rings. The van der Waals surface area contributed by atoms with Gasteiger partial charge in [0.05, 0.1) is 10.9 Å². The number of methoxy groups -OCH3 is 1. The Balaban J connectivity index is 1.89. The summed E-state index contributed by atoms with van der Waals surface area (Å²) in [5.74, 6) is 0.249. The van der Waals surface area contributed by atoms with E-state index >= 15 is 0 Å². The van der Waals surface area contributed by atoms with Crippen molar-refractivity contribution in [2.75, 3.05) is 33.3 Å². The van der Waals surface area contributed by atoms with Crippen molar-refractivity contribution in [2.45, 2.75) is 4.90 Å². The van der Waals surface area contributed by atoms with Crippen LogP contribution in [0.25, 0.3) is 0 Å². The molecule has 0 bridgehead atoms. The molecule has 9 heteroatoms. The summed E-state index contributed by atoms with van der Waals surface area (Å²) >= 11 is 4.33. The molecule has 2 saturated heterocycles. The van der Waals surface area contributed by atoms with Gasteiger partial charge >= 0.3 is 5.97 Å². The first-order valence-electron chi connectivity index (χ1n) is 6.52. The highest BCUT2D eigenvalue weighted by molar-refractivity contribution is 9.11. The normalized spacial score (nSPS) is 26.0. The molecule has 2 aliphatic heterocycles. The third kappa shape index (κ3) is 2.65. The molecule has 0 radical (unpaired) electrons. The highest BCUT2D eigenvalue weighted by atomic mass is 79.9. The SMILES string of the molecule is COC(=O)c1cc(S(=O)(=O)N2CC3CNCC3C2)c(Br)s1. The summed E-state index contributed by atoms with van der Waals surface area (Å²) in [5.41, 5.74) is 0. The minimum Gasteiger partial charge on any atom is -0.465 e. The number of carbonyl (C=O) groups is 1. The molecule has 0 saturated carbocycles. The second-order valence-electron chi connectivity index (χ2n) is 5.24. The Kier molecular flexibility index (Phi) is 4.12. The number of hydrogen-bond acceptors (Lipinski definition) is 6. The summed E-state index contributed by atoms with van der Waals surface area (Å²) in [5, 5.41) is 3.28. The lowest BCUT2D eigenvalue weighted by Gasteiger charge is -2.16. The Morgan fingerprint density at radius 3 is 2.62 bits per heavy atom. The smallest absolute Gasteiger partial charge is 0.348 e. The molecule has 2 unspecified atom stereocenters. The molecule has 3 rings (SSSR count). The van der Waals surface area contributed by atoms with E-state index in [0.717, 1.165) is 24.4 Å². The number of sulfonamides is 1. The Labute approximate surface area is 135 Å². The summed E-state index contributed by atoms with van der Waals surface area (Å²) in [7, 11) is -2.29. The summed E-state index contributed by atoms with van der Waals surface area (Å²) in [6.45, 7) is 2.81. The molecule has 1 N–H and O–H groups in total. The van der Waals surface area contributed by atoms with E-state index in [1.54, 1.807) is 0 Å². The molecule has 0 aliphatic carbocycles. The second kappa shape index (κ2) is 5.62. The molecule has 116 valence electrons. The van der Waals surface area contributed by atoms with Gasteiger partial charge in [-0.2, -0.15) is 4.31 Å². The molecular weight excluding hydrogens is 380 g/mol. The Morgan fingerprint density at radius 2 is 2.05 bits per heavy atom. The van der Waals surface area contributed by atoms with Gasteiger partial charge < -0.3 is 10.1 Å². The van der Waals surface area contributed by atoms with Crippen molar-refractivity contribution < 1.29 is 17.9 Å². The third-order valence-corrected chi connectivity index (χ3v) is 8.08. The van der Waals surface area contributed by atoms with Gasteiger partial charge in [-0.05, 0) is 46.9 Å². The average molecular weight is 395 g/mol. The third-order valence-electron chi connectivity index (χ3n) is 4.02. The largest absolute Gasteiger partial charge is 0.465 e. The van der Waals surface area contributed by atoms with Crippen LogP contribution in [0.15, 0.2) is 14.7 Å². The van der Waals surface area contributed by atoms with Crippen molar-refractivity contribution in [1.82, 2.24) is 9.62 Å². The average Bonchev–Trinajstić information content (AvgIpc) is 3.10. The fourth-order valence-corrected chi connectivity index (χ4v) is 6.86. The lowest BCUT2D eigenvalue weighted by Crippen LogP contribution is -2.31. The number of nitrogens with zero attached hydrogens (tertiary/aromatic N) is 1. The number of rotatable bonds is 3. The quantitative estimate of drug-likeness (QED) is 0.777. The predicted molar refractivity (Wildman–Crippen MR) is 82.0 cm³/mol. The van der Waals surface area contributed by atoms with Crippen LogP contribution >= 0.6 is 27.3 Å². The lowest BCUT2D eigenvalue weighted by atomic mass is 10.0. The minimum absolute atomic E-state index is 0.154. The van der Waals surface area contributed by atoms with E-state index in [-0.39, 0.29) is 9.77 Å². The van der Waals surface area contributed by atoms with E-state index in [2.05, 4.69) is 26.0 Å². The van der Waals surface area contributed by atoms with Gasteiger partial charge in [-0.15, -0.1) is 11.3 Å². The number of esters is 1. The molecule has 0 aromatic carbocycles. The maximum absolute atomic E-state index is 12.7. The van der Waals surface area contributed by atoms with Crippen molar-refractivity contribution in [3.8, 4) is 0 Å². The van der Waals surface area contributed by atoms with E-state index in [1.165, 1.54) is 17.5 Å². The van der Waals surface area contributed by atoms with Gasteiger partial charge in [-0.3, -0.25) is 0 Å². The molecule has 6 nitrogen and oxygen atoms in total. The van der Waals surface area contributed by atoms with Crippen LogP contribution in [0, 0.1) is 11.8 Å². The fourth-order valence-electron chi connectivity index (χ4n) is 2.88. The van der Waals surface area contributed by atoms with Gasteiger partial charge in [0.25, 0.3) is 0 Å². The van der Waals surface area contributed by atoms with Crippen LogP contribution < -0.4 is 5.32 Å². The monoisotopic (exact) mass is 394 g/mol. The van der Waals surface area contributed by atoms with Gasteiger partial charge in [0.15, 0.2) is 0 Å². The standard InChI is InChI=1S/C12H15BrN2O4S2/c1-19-12(16)9-2-10(11(13)20-9)21(17,18)15-5-7-3-14-4-8(7)6-15/h2,7-8,14H,3-6H2,1H3. The maximum atomic E-state index is 12.7. The lowest BCUT2D eigenvalue weighted by molar-refractivity contribution is 0.0606. The van der Waals surface area contributed by atoms with Crippen molar-refractivity contribution >= 4 is 43.3 Å². The van der Waals surface area contributed by atoms with Crippen LogP contribution in [0.1, 0.15) is 9.67 Å². The molecule has 2 fully saturated rings. The van der Waals surface area contributed by atoms with Crippen molar-refractivity contribution in [3.63, 3.8) is 0 Å². The zero-order valence-corrected chi connectivity index (χ0v) is 14.6. The van der Waals surface area contributed by atoms with Crippen LogP contribution in [0.4, 0.5) is 0 Å². The van der Waals surface area contributed by atoms with E-state index in [1.807, 2.05) is 0 Å². The summed E-state index contributed by atoms with van der Waals surface area (Å²) in [6.07, 6.45) is 0. The molecular formula is C12H15BrN2O4S2. The summed E-state index contributed by atoms with van der Waals surface area (Å²) < 4.78 is 32.1. The van der Waals surface area contributed by atoms with Crippen molar-refractivity contribution in [2.24, 2.45) is 11.8 Å². The molecule has 1 aromatic heterocycles. The maximum Gasteiger partial charge on any atom is 0.348 e. The molecule has 2 aliphatic rings. The van der Waals surface area contributed by atoms with Gasteiger partial charge in [0.2, 0.25) is 10.0 Å². The van der Waals surface area contributed by atoms with Crippen LogP contribution in [0.2, 0.25) is 0 Å².